The van der Waals surface area contributed by atoms with Gasteiger partial charge in [-0.1, -0.05) is 23.9 Å². The summed E-state index contributed by atoms with van der Waals surface area (Å²) in [5, 5.41) is 9.43. The Kier molecular flexibility index (Phi) is 3.49. The average molecular weight is 265 g/mol. The Morgan fingerprint density at radius 3 is 2.65 bits per heavy atom. The number of thiazole rings is 1. The van der Waals surface area contributed by atoms with Gasteiger partial charge < -0.3 is 5.11 Å². The van der Waals surface area contributed by atoms with Crippen molar-refractivity contribution in [1.82, 2.24) is 4.98 Å². The number of allylic oxidation sites excluding steroid dienone is 2. The number of Topliss-reactive ketones (excluding diaryl/α,β-unsaturated/α-hetero) is 1. The van der Waals surface area contributed by atoms with Crippen molar-refractivity contribution in [1.29, 1.82) is 0 Å². The summed E-state index contributed by atoms with van der Waals surface area (Å²) in [5.41, 5.74) is 0.915. The number of aliphatic hydroxyl groups excluding tert-OH is 1. The van der Waals surface area contributed by atoms with E-state index in [0.717, 1.165) is 14.6 Å². The van der Waals surface area contributed by atoms with E-state index in [1.807, 2.05) is 24.3 Å². The molecule has 0 bridgehead atoms. The van der Waals surface area contributed by atoms with Gasteiger partial charge in [0.15, 0.2) is 10.1 Å². The van der Waals surface area contributed by atoms with Crippen LogP contribution in [0.2, 0.25) is 0 Å². The molecule has 0 radical (unpaired) electrons. The van der Waals surface area contributed by atoms with Gasteiger partial charge in [0.05, 0.1) is 15.1 Å². The van der Waals surface area contributed by atoms with Crippen molar-refractivity contribution in [3.63, 3.8) is 0 Å². The number of nitrogens with zero attached hydrogens (tertiary/aromatic N) is 1. The number of benzene rings is 1. The second kappa shape index (κ2) is 4.89. The first-order chi connectivity index (χ1) is 8.08. The number of hydrogen-bond donors (Lipinski definition) is 1. The van der Waals surface area contributed by atoms with Gasteiger partial charge in [0, 0.05) is 0 Å². The average Bonchev–Trinajstić information content (AvgIpc) is 2.67. The quantitative estimate of drug-likeness (QED) is 0.521. The van der Waals surface area contributed by atoms with Gasteiger partial charge >= 0.3 is 0 Å². The lowest BCUT2D eigenvalue weighted by Gasteiger charge is -2.00. The van der Waals surface area contributed by atoms with E-state index >= 15 is 0 Å². The lowest BCUT2D eigenvalue weighted by Crippen LogP contribution is -1.95. The third-order valence-electron chi connectivity index (χ3n) is 2.11. The van der Waals surface area contributed by atoms with Crippen LogP contribution in [0.4, 0.5) is 0 Å². The highest BCUT2D eigenvalue weighted by atomic mass is 32.2. The molecule has 1 N–H and O–H groups in total. The van der Waals surface area contributed by atoms with Crippen molar-refractivity contribution in [3.8, 4) is 0 Å². The van der Waals surface area contributed by atoms with Crippen LogP contribution in [0.15, 0.2) is 39.3 Å². The van der Waals surface area contributed by atoms with Crippen molar-refractivity contribution >= 4 is 39.1 Å². The maximum absolute atomic E-state index is 11.3. The monoisotopic (exact) mass is 265 g/mol. The topological polar surface area (TPSA) is 50.2 Å². The van der Waals surface area contributed by atoms with Gasteiger partial charge in [-0.05, 0) is 26.0 Å². The number of rotatable bonds is 3. The fourth-order valence-corrected chi connectivity index (χ4v) is 3.38. The fraction of sp³-hybridized carbons (Fsp3) is 0.167. The van der Waals surface area contributed by atoms with Gasteiger partial charge in [-0.25, -0.2) is 4.98 Å². The van der Waals surface area contributed by atoms with Crippen molar-refractivity contribution in [2.24, 2.45) is 0 Å². The third kappa shape index (κ3) is 2.68. The van der Waals surface area contributed by atoms with E-state index in [1.54, 1.807) is 0 Å². The second-order valence-corrected chi connectivity index (χ2v) is 5.81. The summed E-state index contributed by atoms with van der Waals surface area (Å²) in [6.07, 6.45) is 0. The Labute approximate surface area is 107 Å². The zero-order valence-electron chi connectivity index (χ0n) is 9.43. The maximum Gasteiger partial charge on any atom is 0.169 e. The molecule has 0 amide bonds. The predicted molar refractivity (Wildman–Crippen MR) is 71.5 cm³/mol. The molecule has 2 aromatic rings. The normalized spacial score (nSPS) is 12.6. The summed E-state index contributed by atoms with van der Waals surface area (Å²) in [5.74, 6) is -0.101. The number of aliphatic hydroxyl groups is 1. The van der Waals surface area contributed by atoms with E-state index in [0.29, 0.717) is 4.91 Å². The molecule has 0 fully saturated rings. The van der Waals surface area contributed by atoms with Gasteiger partial charge in [0.2, 0.25) is 0 Å². The molecule has 1 aromatic carbocycles. The first-order valence-corrected chi connectivity index (χ1v) is 6.65. The van der Waals surface area contributed by atoms with Gasteiger partial charge in [0.1, 0.15) is 5.76 Å². The van der Waals surface area contributed by atoms with Crippen LogP contribution in [-0.2, 0) is 4.79 Å². The Hall–Kier alpha value is -1.33. The van der Waals surface area contributed by atoms with Crippen molar-refractivity contribution in [2.75, 3.05) is 0 Å². The molecule has 1 aromatic heterocycles. The molecule has 0 atom stereocenters. The smallest absolute Gasteiger partial charge is 0.169 e. The number of para-hydroxylation sites is 1. The van der Waals surface area contributed by atoms with Crippen LogP contribution in [0.3, 0.4) is 0 Å². The molecule has 2 rings (SSSR count). The molecule has 88 valence electrons. The molecule has 0 unspecified atom stereocenters. The summed E-state index contributed by atoms with van der Waals surface area (Å²) < 4.78 is 1.85. The molecule has 0 aliphatic carbocycles. The molecule has 0 saturated carbocycles. The molecular formula is C12H11NO2S2. The Balaban J connectivity index is 2.35. The van der Waals surface area contributed by atoms with Crippen LogP contribution < -0.4 is 0 Å². The van der Waals surface area contributed by atoms with Gasteiger partial charge in [-0.3, -0.25) is 4.79 Å². The van der Waals surface area contributed by atoms with E-state index in [4.69, 9.17) is 0 Å². The largest absolute Gasteiger partial charge is 0.511 e. The number of hydrogen-bond acceptors (Lipinski definition) is 5. The number of carbonyl (C=O) groups excluding carboxylic acids is 1. The molecule has 0 saturated heterocycles. The summed E-state index contributed by atoms with van der Waals surface area (Å²) in [6, 6.07) is 7.79. The summed E-state index contributed by atoms with van der Waals surface area (Å²) in [6.45, 7) is 2.95. The van der Waals surface area contributed by atoms with E-state index in [9.17, 15) is 9.90 Å². The minimum Gasteiger partial charge on any atom is -0.511 e. The van der Waals surface area contributed by atoms with Crippen molar-refractivity contribution < 1.29 is 9.90 Å². The van der Waals surface area contributed by atoms with Gasteiger partial charge in [-0.2, -0.15) is 0 Å². The highest BCUT2D eigenvalue weighted by Gasteiger charge is 2.13. The molecule has 1 heterocycles. The molecule has 0 aliphatic heterocycles. The molecule has 17 heavy (non-hydrogen) atoms. The summed E-state index contributed by atoms with van der Waals surface area (Å²) in [7, 11) is 0. The van der Waals surface area contributed by atoms with E-state index < -0.39 is 0 Å². The first kappa shape index (κ1) is 12.1. The SMILES string of the molecule is CC(=O)/C(Sc1nc2ccccc2s1)=C(/C)O. The molecular weight excluding hydrogens is 254 g/mol. The highest BCUT2D eigenvalue weighted by molar-refractivity contribution is 8.05. The Morgan fingerprint density at radius 1 is 1.35 bits per heavy atom. The van der Waals surface area contributed by atoms with Crippen LogP contribution in [0.25, 0.3) is 10.2 Å². The maximum atomic E-state index is 11.3. The van der Waals surface area contributed by atoms with Gasteiger partial charge in [0.25, 0.3) is 0 Å². The van der Waals surface area contributed by atoms with E-state index in [2.05, 4.69) is 4.98 Å². The Bertz CT molecular complexity index is 564. The molecule has 0 aliphatic rings. The third-order valence-corrected chi connectivity index (χ3v) is 4.50. The molecule has 0 spiro atoms. The van der Waals surface area contributed by atoms with E-state index in [1.165, 1.54) is 36.9 Å². The standard InChI is InChI=1S/C12H11NO2S2/c1-7(14)11(8(2)15)17-12-13-9-5-3-4-6-10(9)16-12/h3-6,14H,1-2H3/b11-7+. The van der Waals surface area contributed by atoms with Crippen molar-refractivity contribution in [3.05, 3.63) is 34.9 Å². The molecule has 5 heteroatoms. The number of fused-ring (bicyclic) bond motifs is 1. The number of carbonyl (C=O) groups is 1. The minimum atomic E-state index is -0.144. The van der Waals surface area contributed by atoms with Crippen LogP contribution in [0.5, 0.6) is 0 Å². The Morgan fingerprint density at radius 2 is 2.06 bits per heavy atom. The second-order valence-electron chi connectivity index (χ2n) is 3.52. The highest BCUT2D eigenvalue weighted by Crippen LogP contribution is 2.34. The van der Waals surface area contributed by atoms with Crippen LogP contribution in [0.1, 0.15) is 13.8 Å². The van der Waals surface area contributed by atoms with Gasteiger partial charge in [-0.15, -0.1) is 11.3 Å². The first-order valence-electron chi connectivity index (χ1n) is 5.02. The van der Waals surface area contributed by atoms with E-state index in [-0.39, 0.29) is 11.5 Å². The number of thioether (sulfide) groups is 1. The minimum absolute atomic E-state index is 0.0433. The summed E-state index contributed by atoms with van der Waals surface area (Å²) >= 11 is 2.73. The van der Waals surface area contributed by atoms with Crippen LogP contribution >= 0.6 is 23.1 Å². The number of ketones is 1. The van der Waals surface area contributed by atoms with Crippen LogP contribution in [0, 0.1) is 0 Å². The molecule has 3 nitrogen and oxygen atoms in total. The summed E-state index contributed by atoms with van der Waals surface area (Å²) in [4.78, 5) is 16.1. The zero-order chi connectivity index (χ0) is 12.4. The fourth-order valence-electron chi connectivity index (χ4n) is 1.38. The zero-order valence-corrected chi connectivity index (χ0v) is 11.1. The van der Waals surface area contributed by atoms with Crippen LogP contribution in [-0.4, -0.2) is 15.9 Å². The number of aromatic nitrogens is 1. The predicted octanol–water partition coefficient (Wildman–Crippen LogP) is 3.77. The lowest BCUT2D eigenvalue weighted by atomic mass is 10.3. The lowest BCUT2D eigenvalue weighted by molar-refractivity contribution is -0.113. The van der Waals surface area contributed by atoms with Crippen molar-refractivity contribution in [2.45, 2.75) is 18.2 Å².